The number of nitro groups is 1. The minimum Gasteiger partial charge on any atom is -0.611 e. The second-order valence-electron chi connectivity index (χ2n) is 4.55. The fraction of sp³-hybridized carbons (Fsp3) is 0.200. The van der Waals surface area contributed by atoms with E-state index < -0.39 is 22.2 Å². The molecule has 0 bridgehead atoms. The zero-order valence-corrected chi connectivity index (χ0v) is 12.7. The predicted octanol–water partition coefficient (Wildman–Crippen LogP) is 2.44. The highest BCUT2D eigenvalue weighted by Crippen LogP contribution is 2.23. The van der Waals surface area contributed by atoms with Crippen LogP contribution >= 0.6 is 0 Å². The van der Waals surface area contributed by atoms with Crippen molar-refractivity contribution >= 4 is 16.9 Å². The first-order chi connectivity index (χ1) is 10.5. The molecule has 0 spiro atoms. The molecule has 0 aromatic heterocycles. The van der Waals surface area contributed by atoms with Crippen molar-refractivity contribution in [3.05, 3.63) is 64.2 Å². The molecule has 0 aliphatic carbocycles. The van der Waals surface area contributed by atoms with Gasteiger partial charge in [-0.2, -0.15) is 0 Å². The lowest BCUT2D eigenvalue weighted by molar-refractivity contribution is -0.384. The van der Waals surface area contributed by atoms with Gasteiger partial charge in [0.25, 0.3) is 5.69 Å². The van der Waals surface area contributed by atoms with Crippen LogP contribution in [0.25, 0.3) is 0 Å². The topological polar surface area (TPSA) is 95.7 Å². The molecule has 116 valence electrons. The lowest BCUT2D eigenvalue weighted by Crippen LogP contribution is -2.14. The number of rotatable bonds is 6. The minimum atomic E-state index is -1.38. The van der Waals surface area contributed by atoms with E-state index in [2.05, 4.69) is 0 Å². The Morgan fingerprint density at radius 2 is 1.77 bits per heavy atom. The third-order valence-corrected chi connectivity index (χ3v) is 4.54. The maximum atomic E-state index is 12.2. The molecule has 0 amide bonds. The average Bonchev–Trinajstić information content (AvgIpc) is 2.54. The van der Waals surface area contributed by atoms with Crippen LogP contribution in [0, 0.1) is 10.1 Å². The first kappa shape index (κ1) is 16.3. The van der Waals surface area contributed by atoms with Gasteiger partial charge in [-0.1, -0.05) is 0 Å². The third-order valence-electron chi connectivity index (χ3n) is 3.12. The number of aliphatic hydroxyl groups excluding tert-OH is 1. The van der Waals surface area contributed by atoms with E-state index in [0.717, 1.165) is 0 Å². The molecule has 7 heteroatoms. The SMILES string of the molecule is COc1ccc([S+]([O-])CC(O)c2ccc([N+](=O)[O-])cc2)cc1. The van der Waals surface area contributed by atoms with Crippen LogP contribution in [-0.2, 0) is 11.2 Å². The quantitative estimate of drug-likeness (QED) is 0.501. The van der Waals surface area contributed by atoms with Gasteiger partial charge in [-0.15, -0.1) is 0 Å². The molecule has 0 aliphatic rings. The van der Waals surface area contributed by atoms with Gasteiger partial charge in [0.15, 0.2) is 4.90 Å². The summed E-state index contributed by atoms with van der Waals surface area (Å²) in [5, 5.41) is 20.7. The van der Waals surface area contributed by atoms with Crippen molar-refractivity contribution in [3.8, 4) is 5.75 Å². The van der Waals surface area contributed by atoms with Gasteiger partial charge in [-0.25, -0.2) is 0 Å². The summed E-state index contributed by atoms with van der Waals surface area (Å²) in [5.74, 6) is 0.682. The maximum Gasteiger partial charge on any atom is 0.269 e. The zero-order chi connectivity index (χ0) is 16.1. The molecule has 1 N–H and O–H groups in total. The number of methoxy groups -OCH3 is 1. The van der Waals surface area contributed by atoms with Gasteiger partial charge in [0.1, 0.15) is 17.6 Å². The summed E-state index contributed by atoms with van der Waals surface area (Å²) >= 11 is -1.38. The molecule has 0 fully saturated rings. The molecule has 0 saturated carbocycles. The Morgan fingerprint density at radius 3 is 2.27 bits per heavy atom. The summed E-state index contributed by atoms with van der Waals surface area (Å²) in [7, 11) is 1.55. The average molecular weight is 321 g/mol. The van der Waals surface area contributed by atoms with Crippen LogP contribution in [0.3, 0.4) is 0 Å². The fourth-order valence-electron chi connectivity index (χ4n) is 1.88. The van der Waals surface area contributed by atoms with Crippen molar-refractivity contribution in [3.63, 3.8) is 0 Å². The molecule has 0 radical (unpaired) electrons. The molecule has 22 heavy (non-hydrogen) atoms. The Balaban J connectivity index is 2.03. The lowest BCUT2D eigenvalue weighted by atomic mass is 10.1. The van der Waals surface area contributed by atoms with Crippen LogP contribution < -0.4 is 4.74 Å². The summed E-state index contributed by atoms with van der Waals surface area (Å²) in [4.78, 5) is 10.7. The maximum absolute atomic E-state index is 12.2. The van der Waals surface area contributed by atoms with E-state index in [1.165, 1.54) is 24.3 Å². The first-order valence-corrected chi connectivity index (χ1v) is 7.78. The summed E-state index contributed by atoms with van der Waals surface area (Å²) < 4.78 is 17.2. The number of hydrogen-bond acceptors (Lipinski definition) is 5. The Kier molecular flexibility index (Phi) is 5.37. The highest BCUT2D eigenvalue weighted by molar-refractivity contribution is 7.91. The van der Waals surface area contributed by atoms with Crippen molar-refractivity contribution in [1.29, 1.82) is 0 Å². The van der Waals surface area contributed by atoms with E-state index in [4.69, 9.17) is 4.74 Å². The van der Waals surface area contributed by atoms with Gasteiger partial charge < -0.3 is 14.4 Å². The standard InChI is InChI=1S/C15H15NO5S/c1-21-13-6-8-14(9-7-13)22(20)10-15(17)11-2-4-12(5-3-11)16(18)19/h2-9,15,17H,10H2,1H3. The van der Waals surface area contributed by atoms with Crippen LogP contribution in [0.2, 0.25) is 0 Å². The van der Waals surface area contributed by atoms with Crippen molar-refractivity contribution in [1.82, 2.24) is 0 Å². The molecule has 2 aromatic carbocycles. The van der Waals surface area contributed by atoms with Gasteiger partial charge >= 0.3 is 0 Å². The number of ether oxygens (including phenoxy) is 1. The molecule has 0 heterocycles. The molecule has 0 aliphatic heterocycles. The Labute approximate surface area is 130 Å². The molecule has 6 nitrogen and oxygen atoms in total. The second kappa shape index (κ2) is 7.26. The van der Waals surface area contributed by atoms with Crippen LogP contribution in [0.1, 0.15) is 11.7 Å². The largest absolute Gasteiger partial charge is 0.611 e. The van der Waals surface area contributed by atoms with Gasteiger partial charge in [0.2, 0.25) is 0 Å². The highest BCUT2D eigenvalue weighted by atomic mass is 32.2. The minimum absolute atomic E-state index is 0.0180. The smallest absolute Gasteiger partial charge is 0.269 e. The molecule has 0 saturated heterocycles. The number of nitro benzene ring substituents is 1. The summed E-state index contributed by atoms with van der Waals surface area (Å²) in [6.45, 7) is 0. The Bertz CT molecular complexity index is 629. The molecular weight excluding hydrogens is 306 g/mol. The van der Waals surface area contributed by atoms with E-state index in [0.29, 0.717) is 16.2 Å². The van der Waals surface area contributed by atoms with E-state index >= 15 is 0 Å². The monoisotopic (exact) mass is 321 g/mol. The molecular formula is C15H15NO5S. The van der Waals surface area contributed by atoms with Crippen LogP contribution in [0.4, 0.5) is 5.69 Å². The summed E-state index contributed by atoms with van der Waals surface area (Å²) in [6, 6.07) is 12.3. The number of non-ortho nitro benzene ring substituents is 1. The van der Waals surface area contributed by atoms with Crippen molar-refractivity contribution in [2.75, 3.05) is 12.9 Å². The fourth-order valence-corrected chi connectivity index (χ4v) is 2.99. The number of hydrogen-bond donors (Lipinski definition) is 1. The molecule has 2 aromatic rings. The van der Waals surface area contributed by atoms with E-state index in [1.54, 1.807) is 31.4 Å². The van der Waals surface area contributed by atoms with Crippen molar-refractivity contribution < 1.29 is 19.3 Å². The van der Waals surface area contributed by atoms with E-state index in [9.17, 15) is 19.8 Å². The van der Waals surface area contributed by atoms with Gasteiger partial charge in [0, 0.05) is 12.1 Å². The number of benzene rings is 2. The molecule has 2 unspecified atom stereocenters. The summed E-state index contributed by atoms with van der Waals surface area (Å²) in [5.41, 5.74) is 0.444. The third kappa shape index (κ3) is 3.97. The van der Waals surface area contributed by atoms with Crippen molar-refractivity contribution in [2.24, 2.45) is 0 Å². The number of aliphatic hydroxyl groups is 1. The normalized spacial score (nSPS) is 13.4. The van der Waals surface area contributed by atoms with Crippen molar-refractivity contribution in [2.45, 2.75) is 11.0 Å². The predicted molar refractivity (Wildman–Crippen MR) is 82.3 cm³/mol. The molecule has 2 atom stereocenters. The zero-order valence-electron chi connectivity index (χ0n) is 11.8. The second-order valence-corrected chi connectivity index (χ2v) is 6.05. The summed E-state index contributed by atoms with van der Waals surface area (Å²) in [6.07, 6.45) is -0.955. The number of nitrogens with zero attached hydrogens (tertiary/aromatic N) is 1. The first-order valence-electron chi connectivity index (χ1n) is 6.46. The van der Waals surface area contributed by atoms with E-state index in [-0.39, 0.29) is 11.4 Å². The van der Waals surface area contributed by atoms with E-state index in [1.807, 2.05) is 0 Å². The van der Waals surface area contributed by atoms with Gasteiger partial charge in [-0.05, 0) is 53.1 Å². The molecule has 2 rings (SSSR count). The van der Waals surface area contributed by atoms with Crippen LogP contribution in [0.5, 0.6) is 5.75 Å². The highest BCUT2D eigenvalue weighted by Gasteiger charge is 2.19. The van der Waals surface area contributed by atoms with Crippen LogP contribution in [-0.4, -0.2) is 27.4 Å². The van der Waals surface area contributed by atoms with Gasteiger partial charge in [0.05, 0.1) is 12.0 Å². The lowest BCUT2D eigenvalue weighted by Gasteiger charge is -2.15. The van der Waals surface area contributed by atoms with Crippen LogP contribution in [0.15, 0.2) is 53.4 Å². The Morgan fingerprint density at radius 1 is 1.18 bits per heavy atom. The van der Waals surface area contributed by atoms with Gasteiger partial charge in [-0.3, -0.25) is 10.1 Å². The Hall–Kier alpha value is -2.09.